The Morgan fingerprint density at radius 3 is 2.50 bits per heavy atom. The molecule has 1 aliphatic rings. The van der Waals surface area contributed by atoms with E-state index in [0.29, 0.717) is 6.04 Å². The van der Waals surface area contributed by atoms with E-state index < -0.39 is 0 Å². The van der Waals surface area contributed by atoms with Crippen LogP contribution in [0.2, 0.25) is 0 Å². The first-order valence-electron chi connectivity index (χ1n) is 8.71. The highest BCUT2D eigenvalue weighted by Crippen LogP contribution is 2.18. The van der Waals surface area contributed by atoms with Gasteiger partial charge in [-0.15, -0.1) is 0 Å². The summed E-state index contributed by atoms with van der Waals surface area (Å²) < 4.78 is 0. The van der Waals surface area contributed by atoms with Crippen molar-refractivity contribution in [1.82, 2.24) is 9.80 Å². The maximum Gasteiger partial charge on any atom is 0.196 e. The van der Waals surface area contributed by atoms with Crippen molar-refractivity contribution < 1.29 is 0 Å². The number of guanidine groups is 1. The van der Waals surface area contributed by atoms with Crippen molar-refractivity contribution in [3.63, 3.8) is 0 Å². The van der Waals surface area contributed by atoms with Crippen molar-refractivity contribution in [2.24, 2.45) is 4.99 Å². The molecular formula is C21H27N3. The van der Waals surface area contributed by atoms with E-state index in [1.807, 2.05) is 0 Å². The Balaban J connectivity index is 1.70. The summed E-state index contributed by atoms with van der Waals surface area (Å²) in [5.74, 6) is 1.11. The highest BCUT2D eigenvalue weighted by Gasteiger charge is 2.28. The van der Waals surface area contributed by atoms with Gasteiger partial charge in [0.15, 0.2) is 5.96 Å². The van der Waals surface area contributed by atoms with Crippen LogP contribution in [0.15, 0.2) is 59.6 Å². The molecule has 0 fully saturated rings. The molecular weight excluding hydrogens is 294 g/mol. The molecule has 2 aromatic carbocycles. The monoisotopic (exact) mass is 321 g/mol. The third-order valence-electron chi connectivity index (χ3n) is 4.58. The number of aliphatic imine (C=N–C) groups is 1. The number of aryl methyl sites for hydroxylation is 1. The minimum Gasteiger partial charge on any atom is -0.349 e. The summed E-state index contributed by atoms with van der Waals surface area (Å²) in [6.07, 6.45) is 2.11. The standard InChI is InChI=1S/C21H27N3/c1-17-8-7-11-19(14-17)12-13-24-20(16-22-21(24)23(2)3)15-18-9-5-4-6-10-18/h4-11,14,20H,12-13,15-16H2,1-3H3/t20-/m0/s1. The summed E-state index contributed by atoms with van der Waals surface area (Å²) in [6.45, 7) is 4.05. The number of hydrogen-bond donors (Lipinski definition) is 0. The van der Waals surface area contributed by atoms with Gasteiger partial charge in [0.1, 0.15) is 0 Å². The van der Waals surface area contributed by atoms with Crippen LogP contribution in [0.4, 0.5) is 0 Å². The Hall–Kier alpha value is -2.29. The Morgan fingerprint density at radius 1 is 1.04 bits per heavy atom. The van der Waals surface area contributed by atoms with Gasteiger partial charge in [-0.05, 0) is 30.9 Å². The molecule has 3 nitrogen and oxygen atoms in total. The van der Waals surface area contributed by atoms with Gasteiger partial charge >= 0.3 is 0 Å². The smallest absolute Gasteiger partial charge is 0.196 e. The fourth-order valence-corrected chi connectivity index (χ4v) is 3.40. The SMILES string of the molecule is Cc1cccc(CCN2C(N(C)C)=NC[C@@H]2Cc2ccccc2)c1. The van der Waals surface area contributed by atoms with Crippen LogP contribution >= 0.6 is 0 Å². The fourth-order valence-electron chi connectivity index (χ4n) is 3.40. The maximum absolute atomic E-state index is 4.79. The Morgan fingerprint density at radius 2 is 1.79 bits per heavy atom. The summed E-state index contributed by atoms with van der Waals surface area (Å²) in [7, 11) is 4.17. The van der Waals surface area contributed by atoms with E-state index in [4.69, 9.17) is 4.99 Å². The van der Waals surface area contributed by atoms with Crippen LogP contribution in [0.25, 0.3) is 0 Å². The second-order valence-electron chi connectivity index (χ2n) is 6.81. The molecule has 126 valence electrons. The summed E-state index contributed by atoms with van der Waals surface area (Å²) >= 11 is 0. The molecule has 2 aromatic rings. The van der Waals surface area contributed by atoms with E-state index in [-0.39, 0.29) is 0 Å². The summed E-state index contributed by atoms with van der Waals surface area (Å²) in [6, 6.07) is 20.0. The molecule has 0 N–H and O–H groups in total. The first-order chi connectivity index (χ1) is 11.6. The Bertz CT molecular complexity index is 691. The molecule has 0 spiro atoms. The predicted molar refractivity (Wildman–Crippen MR) is 102 cm³/mol. The van der Waals surface area contributed by atoms with Crippen LogP contribution in [0, 0.1) is 6.92 Å². The molecule has 0 aromatic heterocycles. The van der Waals surface area contributed by atoms with Gasteiger partial charge in [-0.3, -0.25) is 4.99 Å². The number of nitrogens with zero attached hydrogens (tertiary/aromatic N) is 3. The average molecular weight is 321 g/mol. The van der Waals surface area contributed by atoms with E-state index in [1.165, 1.54) is 16.7 Å². The molecule has 1 aliphatic heterocycles. The first kappa shape index (κ1) is 16.6. The Labute approximate surface area is 145 Å². The van der Waals surface area contributed by atoms with Crippen molar-refractivity contribution >= 4 is 5.96 Å². The third-order valence-corrected chi connectivity index (χ3v) is 4.58. The molecule has 0 bridgehead atoms. The molecule has 1 atom stereocenters. The van der Waals surface area contributed by atoms with Gasteiger partial charge in [-0.2, -0.15) is 0 Å². The van der Waals surface area contributed by atoms with Crippen LogP contribution in [0.5, 0.6) is 0 Å². The average Bonchev–Trinajstić information content (AvgIpc) is 2.97. The quantitative estimate of drug-likeness (QED) is 0.841. The lowest BCUT2D eigenvalue weighted by Gasteiger charge is -2.31. The molecule has 0 saturated carbocycles. The fraction of sp³-hybridized carbons (Fsp3) is 0.381. The summed E-state index contributed by atoms with van der Waals surface area (Å²) in [4.78, 5) is 9.41. The van der Waals surface area contributed by atoms with Gasteiger partial charge in [0.2, 0.25) is 0 Å². The van der Waals surface area contributed by atoms with Crippen molar-refractivity contribution in [2.45, 2.75) is 25.8 Å². The van der Waals surface area contributed by atoms with E-state index >= 15 is 0 Å². The minimum atomic E-state index is 0.453. The first-order valence-corrected chi connectivity index (χ1v) is 8.71. The second kappa shape index (κ2) is 7.52. The lowest BCUT2D eigenvalue weighted by atomic mass is 10.0. The van der Waals surface area contributed by atoms with E-state index in [9.17, 15) is 0 Å². The molecule has 3 heteroatoms. The Kier molecular flexibility index (Phi) is 5.19. The predicted octanol–water partition coefficient (Wildman–Crippen LogP) is 3.38. The molecule has 24 heavy (non-hydrogen) atoms. The van der Waals surface area contributed by atoms with E-state index in [0.717, 1.165) is 31.9 Å². The molecule has 3 rings (SSSR count). The van der Waals surface area contributed by atoms with Gasteiger partial charge in [0.05, 0.1) is 12.6 Å². The highest BCUT2D eigenvalue weighted by molar-refractivity contribution is 5.81. The summed E-state index contributed by atoms with van der Waals surface area (Å²) in [5.41, 5.74) is 4.12. The van der Waals surface area contributed by atoms with Crippen LogP contribution in [-0.4, -0.2) is 49.0 Å². The van der Waals surface area contributed by atoms with E-state index in [2.05, 4.69) is 85.4 Å². The zero-order chi connectivity index (χ0) is 16.9. The van der Waals surface area contributed by atoms with Gasteiger partial charge in [0, 0.05) is 20.6 Å². The molecule has 0 unspecified atom stereocenters. The zero-order valence-corrected chi connectivity index (χ0v) is 14.9. The van der Waals surface area contributed by atoms with Crippen LogP contribution in [0.3, 0.4) is 0 Å². The normalized spacial score (nSPS) is 17.0. The number of benzene rings is 2. The van der Waals surface area contributed by atoms with E-state index in [1.54, 1.807) is 0 Å². The van der Waals surface area contributed by atoms with Crippen LogP contribution < -0.4 is 0 Å². The molecule has 0 saturated heterocycles. The van der Waals surface area contributed by atoms with Crippen molar-refractivity contribution in [3.05, 3.63) is 71.3 Å². The highest BCUT2D eigenvalue weighted by atomic mass is 15.4. The van der Waals surface area contributed by atoms with Crippen molar-refractivity contribution in [1.29, 1.82) is 0 Å². The molecule has 0 amide bonds. The zero-order valence-electron chi connectivity index (χ0n) is 14.9. The molecule has 1 heterocycles. The minimum absolute atomic E-state index is 0.453. The number of hydrogen-bond acceptors (Lipinski definition) is 3. The second-order valence-corrected chi connectivity index (χ2v) is 6.81. The third kappa shape index (κ3) is 3.97. The molecule has 0 aliphatic carbocycles. The molecule has 0 radical (unpaired) electrons. The number of rotatable bonds is 5. The van der Waals surface area contributed by atoms with Gasteiger partial charge in [-0.25, -0.2) is 0 Å². The van der Waals surface area contributed by atoms with Crippen molar-refractivity contribution in [2.75, 3.05) is 27.2 Å². The van der Waals surface area contributed by atoms with Crippen LogP contribution in [0.1, 0.15) is 16.7 Å². The van der Waals surface area contributed by atoms with Gasteiger partial charge in [-0.1, -0.05) is 60.2 Å². The maximum atomic E-state index is 4.79. The lowest BCUT2D eigenvalue weighted by Crippen LogP contribution is -2.44. The largest absolute Gasteiger partial charge is 0.349 e. The lowest BCUT2D eigenvalue weighted by molar-refractivity contribution is 0.314. The van der Waals surface area contributed by atoms with Gasteiger partial charge in [0.25, 0.3) is 0 Å². The topological polar surface area (TPSA) is 18.8 Å². The van der Waals surface area contributed by atoms with Crippen LogP contribution in [-0.2, 0) is 12.8 Å². The van der Waals surface area contributed by atoms with Gasteiger partial charge < -0.3 is 9.80 Å². The van der Waals surface area contributed by atoms with Crippen molar-refractivity contribution in [3.8, 4) is 0 Å². The summed E-state index contributed by atoms with van der Waals surface area (Å²) in [5, 5.41) is 0.